The molecule has 0 bridgehead atoms. The van der Waals surface area contributed by atoms with Crippen molar-refractivity contribution in [2.75, 3.05) is 0 Å². The first-order valence-corrected chi connectivity index (χ1v) is 5.48. The summed E-state index contributed by atoms with van der Waals surface area (Å²) in [4.78, 5) is 12.1. The van der Waals surface area contributed by atoms with Gasteiger partial charge in [-0.25, -0.2) is 4.79 Å². The summed E-state index contributed by atoms with van der Waals surface area (Å²) in [6.45, 7) is 7.39. The van der Waals surface area contributed by atoms with Gasteiger partial charge in [-0.15, -0.1) is 11.3 Å². The Labute approximate surface area is 92.8 Å². The standard InChI is InChI=1S/C10H13ClO2S/c1-6-5-7(14-8(6)11)9(12)13-10(2,3)4/h5H,1-4H3. The summed E-state index contributed by atoms with van der Waals surface area (Å²) >= 11 is 7.11. The molecule has 0 radical (unpaired) electrons. The van der Waals surface area contributed by atoms with Crippen LogP contribution in [0.25, 0.3) is 0 Å². The fourth-order valence-electron chi connectivity index (χ4n) is 0.889. The van der Waals surface area contributed by atoms with E-state index in [1.165, 1.54) is 11.3 Å². The average molecular weight is 233 g/mol. The van der Waals surface area contributed by atoms with E-state index < -0.39 is 5.60 Å². The molecule has 1 rings (SSSR count). The third-order valence-corrected chi connectivity index (χ3v) is 2.99. The summed E-state index contributed by atoms with van der Waals surface area (Å²) in [7, 11) is 0. The summed E-state index contributed by atoms with van der Waals surface area (Å²) in [5, 5.41) is 0. The lowest BCUT2D eigenvalue weighted by atomic mass is 10.2. The number of carbonyl (C=O) groups excluding carboxylic acids is 1. The molecule has 0 amide bonds. The molecule has 1 aromatic rings. The third kappa shape index (κ3) is 3.00. The lowest BCUT2D eigenvalue weighted by molar-refractivity contribution is 0.00752. The highest BCUT2D eigenvalue weighted by atomic mass is 35.5. The van der Waals surface area contributed by atoms with Gasteiger partial charge in [-0.1, -0.05) is 11.6 Å². The minimum Gasteiger partial charge on any atom is -0.456 e. The van der Waals surface area contributed by atoms with Crippen molar-refractivity contribution in [2.24, 2.45) is 0 Å². The van der Waals surface area contributed by atoms with Crippen molar-refractivity contribution in [1.29, 1.82) is 0 Å². The van der Waals surface area contributed by atoms with Crippen LogP contribution < -0.4 is 0 Å². The molecule has 1 heterocycles. The Morgan fingerprint density at radius 1 is 1.50 bits per heavy atom. The molecule has 0 N–H and O–H groups in total. The number of rotatable bonds is 1. The highest BCUT2D eigenvalue weighted by molar-refractivity contribution is 7.18. The van der Waals surface area contributed by atoms with Crippen LogP contribution >= 0.6 is 22.9 Å². The topological polar surface area (TPSA) is 26.3 Å². The Kier molecular flexibility index (Phi) is 3.22. The summed E-state index contributed by atoms with van der Waals surface area (Å²) in [5.41, 5.74) is 0.457. The number of aryl methyl sites for hydroxylation is 1. The fraction of sp³-hybridized carbons (Fsp3) is 0.500. The van der Waals surface area contributed by atoms with Gasteiger partial charge in [0.1, 0.15) is 10.5 Å². The van der Waals surface area contributed by atoms with E-state index in [0.29, 0.717) is 9.21 Å². The predicted octanol–water partition coefficient (Wildman–Crippen LogP) is 3.67. The zero-order valence-electron chi connectivity index (χ0n) is 8.68. The van der Waals surface area contributed by atoms with Gasteiger partial charge >= 0.3 is 5.97 Å². The van der Waals surface area contributed by atoms with E-state index >= 15 is 0 Å². The summed E-state index contributed by atoms with van der Waals surface area (Å²) in [6.07, 6.45) is 0. The van der Waals surface area contributed by atoms with Gasteiger partial charge < -0.3 is 4.74 Å². The zero-order chi connectivity index (χ0) is 10.9. The molecule has 1 aromatic heterocycles. The first kappa shape index (κ1) is 11.5. The molecule has 0 aromatic carbocycles. The van der Waals surface area contributed by atoms with E-state index in [-0.39, 0.29) is 5.97 Å². The quantitative estimate of drug-likeness (QED) is 0.691. The Morgan fingerprint density at radius 2 is 2.07 bits per heavy atom. The van der Waals surface area contributed by atoms with E-state index in [9.17, 15) is 4.79 Å². The third-order valence-electron chi connectivity index (χ3n) is 1.46. The van der Waals surface area contributed by atoms with Crippen molar-refractivity contribution in [3.05, 3.63) is 20.8 Å². The predicted molar refractivity (Wildman–Crippen MR) is 59.2 cm³/mol. The molecule has 78 valence electrons. The largest absolute Gasteiger partial charge is 0.456 e. The minimum atomic E-state index is -0.457. The zero-order valence-corrected chi connectivity index (χ0v) is 10.3. The first-order chi connectivity index (χ1) is 6.29. The SMILES string of the molecule is Cc1cc(C(=O)OC(C)(C)C)sc1Cl. The molecule has 0 aliphatic heterocycles. The molecular weight excluding hydrogens is 220 g/mol. The molecule has 0 saturated carbocycles. The van der Waals surface area contributed by atoms with Gasteiger partial charge in [-0.05, 0) is 39.3 Å². The van der Waals surface area contributed by atoms with Crippen LogP contribution in [0.15, 0.2) is 6.07 Å². The molecule has 0 spiro atoms. The monoisotopic (exact) mass is 232 g/mol. The van der Waals surface area contributed by atoms with Crippen LogP contribution in [0.3, 0.4) is 0 Å². The Hall–Kier alpha value is -0.540. The molecule has 0 aliphatic carbocycles. The van der Waals surface area contributed by atoms with E-state index in [1.807, 2.05) is 27.7 Å². The summed E-state index contributed by atoms with van der Waals surface area (Å²) < 4.78 is 5.85. The molecule has 4 heteroatoms. The fourth-order valence-corrected chi connectivity index (χ4v) is 1.97. The van der Waals surface area contributed by atoms with Crippen molar-refractivity contribution < 1.29 is 9.53 Å². The number of thiophene rings is 1. The molecule has 0 fully saturated rings. The maximum Gasteiger partial charge on any atom is 0.348 e. The van der Waals surface area contributed by atoms with Gasteiger partial charge in [0, 0.05) is 0 Å². The number of carbonyl (C=O) groups is 1. The normalized spacial score (nSPS) is 11.5. The molecule has 2 nitrogen and oxygen atoms in total. The minimum absolute atomic E-state index is 0.308. The van der Waals surface area contributed by atoms with Crippen LogP contribution in [0.2, 0.25) is 4.34 Å². The van der Waals surface area contributed by atoms with E-state index in [1.54, 1.807) is 6.07 Å². The van der Waals surface area contributed by atoms with E-state index in [4.69, 9.17) is 16.3 Å². The highest BCUT2D eigenvalue weighted by Crippen LogP contribution is 2.28. The smallest absolute Gasteiger partial charge is 0.348 e. The number of esters is 1. The van der Waals surface area contributed by atoms with Crippen LogP contribution in [0, 0.1) is 6.92 Å². The second kappa shape index (κ2) is 3.91. The molecule has 0 saturated heterocycles. The Morgan fingerprint density at radius 3 is 2.43 bits per heavy atom. The lowest BCUT2D eigenvalue weighted by Crippen LogP contribution is -2.23. The summed E-state index contributed by atoms with van der Waals surface area (Å²) in [6, 6.07) is 1.75. The van der Waals surface area contributed by atoms with Crippen LogP contribution in [-0.4, -0.2) is 11.6 Å². The Balaban J connectivity index is 2.80. The lowest BCUT2D eigenvalue weighted by Gasteiger charge is -2.18. The van der Waals surface area contributed by atoms with Crippen LogP contribution in [0.5, 0.6) is 0 Å². The second-order valence-corrected chi connectivity index (χ2v) is 5.72. The number of hydrogen-bond donors (Lipinski definition) is 0. The maximum absolute atomic E-state index is 11.6. The first-order valence-electron chi connectivity index (χ1n) is 4.29. The van der Waals surface area contributed by atoms with Gasteiger partial charge in [0.25, 0.3) is 0 Å². The Bertz CT molecular complexity index is 330. The molecule has 0 atom stereocenters. The molecule has 0 aliphatic rings. The number of ether oxygens (including phenoxy) is 1. The van der Waals surface area contributed by atoms with Gasteiger partial charge in [0.05, 0.1) is 4.34 Å². The van der Waals surface area contributed by atoms with Gasteiger partial charge in [-0.3, -0.25) is 0 Å². The molecule has 0 unspecified atom stereocenters. The van der Waals surface area contributed by atoms with E-state index in [0.717, 1.165) is 5.56 Å². The van der Waals surface area contributed by atoms with Crippen LogP contribution in [-0.2, 0) is 4.74 Å². The average Bonchev–Trinajstić information content (AvgIpc) is 2.28. The maximum atomic E-state index is 11.6. The van der Waals surface area contributed by atoms with Gasteiger partial charge in [0.15, 0.2) is 0 Å². The number of halogens is 1. The van der Waals surface area contributed by atoms with Crippen molar-refractivity contribution in [2.45, 2.75) is 33.3 Å². The second-order valence-electron chi connectivity index (χ2n) is 4.07. The van der Waals surface area contributed by atoms with E-state index in [2.05, 4.69) is 0 Å². The van der Waals surface area contributed by atoms with Gasteiger partial charge in [-0.2, -0.15) is 0 Å². The molecule has 14 heavy (non-hydrogen) atoms. The van der Waals surface area contributed by atoms with Crippen molar-refractivity contribution in [3.63, 3.8) is 0 Å². The molecular formula is C10H13ClO2S. The summed E-state index contributed by atoms with van der Waals surface area (Å²) in [5.74, 6) is -0.308. The van der Waals surface area contributed by atoms with Crippen LogP contribution in [0.1, 0.15) is 36.0 Å². The number of hydrogen-bond acceptors (Lipinski definition) is 3. The highest BCUT2D eigenvalue weighted by Gasteiger charge is 2.19. The van der Waals surface area contributed by atoms with Crippen molar-refractivity contribution in [3.8, 4) is 0 Å². The van der Waals surface area contributed by atoms with Crippen molar-refractivity contribution in [1.82, 2.24) is 0 Å². The van der Waals surface area contributed by atoms with Crippen molar-refractivity contribution >= 4 is 28.9 Å². The van der Waals surface area contributed by atoms with Crippen LogP contribution in [0.4, 0.5) is 0 Å². The van der Waals surface area contributed by atoms with Gasteiger partial charge in [0.2, 0.25) is 0 Å².